The predicted octanol–water partition coefficient (Wildman–Crippen LogP) is 2.11. The van der Waals surface area contributed by atoms with Gasteiger partial charge in [0.05, 0.1) is 11.5 Å². The summed E-state index contributed by atoms with van der Waals surface area (Å²) in [5.74, 6) is 1.02. The first-order valence-corrected chi connectivity index (χ1v) is 8.26. The first-order valence-electron chi connectivity index (χ1n) is 6.43. The molecule has 0 aliphatic carbocycles. The van der Waals surface area contributed by atoms with E-state index in [4.69, 9.17) is 0 Å². The zero-order valence-electron chi connectivity index (χ0n) is 11.0. The first kappa shape index (κ1) is 13.6. The Balaban J connectivity index is 1.94. The van der Waals surface area contributed by atoms with E-state index in [0.29, 0.717) is 23.5 Å². The third kappa shape index (κ3) is 3.33. The average Bonchev–Trinajstić information content (AvgIpc) is 2.68. The maximum Gasteiger partial charge on any atom is 0.150 e. The molecule has 1 heterocycles. The summed E-state index contributed by atoms with van der Waals surface area (Å²) in [5.41, 5.74) is 1.28. The molecule has 0 N–H and O–H groups in total. The van der Waals surface area contributed by atoms with Gasteiger partial charge in [-0.1, -0.05) is 30.3 Å². The van der Waals surface area contributed by atoms with Crippen molar-refractivity contribution in [3.8, 4) is 0 Å². The predicted molar refractivity (Wildman–Crippen MR) is 74.2 cm³/mol. The van der Waals surface area contributed by atoms with Crippen molar-refractivity contribution in [1.29, 1.82) is 0 Å². The highest BCUT2D eigenvalue weighted by Crippen LogP contribution is 2.24. The molecule has 1 aliphatic heterocycles. The van der Waals surface area contributed by atoms with Crippen LogP contribution in [0.25, 0.3) is 0 Å². The summed E-state index contributed by atoms with van der Waals surface area (Å²) >= 11 is 0. The van der Waals surface area contributed by atoms with Crippen LogP contribution in [-0.4, -0.2) is 38.4 Å². The standard InChI is InChI=1S/C14H21NO2S/c1-12(14-6-4-3-5-7-14)15(2)10-13-8-9-18(16,17)11-13/h3-7,12-13H,8-11H2,1-2H3/t12-,13+/m0/s1. The molecule has 0 aromatic heterocycles. The third-order valence-electron chi connectivity index (χ3n) is 3.82. The van der Waals surface area contributed by atoms with Crippen LogP contribution >= 0.6 is 0 Å². The molecule has 1 aromatic carbocycles. The maximum absolute atomic E-state index is 11.4. The van der Waals surface area contributed by atoms with Gasteiger partial charge in [0.2, 0.25) is 0 Å². The fraction of sp³-hybridized carbons (Fsp3) is 0.571. The summed E-state index contributed by atoms with van der Waals surface area (Å²) in [6.07, 6.45) is 0.814. The molecule has 0 amide bonds. The number of hydrogen-bond donors (Lipinski definition) is 0. The Labute approximate surface area is 110 Å². The van der Waals surface area contributed by atoms with Crippen molar-refractivity contribution in [2.45, 2.75) is 19.4 Å². The van der Waals surface area contributed by atoms with E-state index in [1.807, 2.05) is 18.2 Å². The second-order valence-electron chi connectivity index (χ2n) is 5.30. The molecular formula is C14H21NO2S. The van der Waals surface area contributed by atoms with Crippen molar-refractivity contribution in [2.75, 3.05) is 25.1 Å². The van der Waals surface area contributed by atoms with Crippen molar-refractivity contribution in [3.63, 3.8) is 0 Å². The minimum absolute atomic E-state index is 0.297. The van der Waals surface area contributed by atoms with Crippen molar-refractivity contribution < 1.29 is 8.42 Å². The minimum atomic E-state index is -2.76. The summed E-state index contributed by atoms with van der Waals surface area (Å²) in [6, 6.07) is 10.7. The minimum Gasteiger partial charge on any atom is -0.299 e. The number of benzene rings is 1. The zero-order valence-corrected chi connectivity index (χ0v) is 11.9. The molecule has 4 heteroatoms. The molecule has 0 unspecified atom stereocenters. The van der Waals surface area contributed by atoms with Crippen LogP contribution in [0.2, 0.25) is 0 Å². The monoisotopic (exact) mass is 267 g/mol. The number of hydrogen-bond acceptors (Lipinski definition) is 3. The number of sulfone groups is 1. The van der Waals surface area contributed by atoms with Crippen LogP contribution in [0, 0.1) is 5.92 Å². The second kappa shape index (κ2) is 5.41. The van der Waals surface area contributed by atoms with E-state index in [-0.39, 0.29) is 0 Å². The molecule has 2 atom stereocenters. The lowest BCUT2D eigenvalue weighted by Crippen LogP contribution is -2.29. The molecule has 0 radical (unpaired) electrons. The molecule has 0 spiro atoms. The lowest BCUT2D eigenvalue weighted by molar-refractivity contribution is 0.228. The van der Waals surface area contributed by atoms with Crippen LogP contribution in [0.4, 0.5) is 0 Å². The summed E-state index contributed by atoms with van der Waals surface area (Å²) in [7, 11) is -0.686. The van der Waals surface area contributed by atoms with Crippen LogP contribution in [0.15, 0.2) is 30.3 Å². The first-order chi connectivity index (χ1) is 8.48. The van der Waals surface area contributed by atoms with Gasteiger partial charge >= 0.3 is 0 Å². The van der Waals surface area contributed by atoms with E-state index in [1.165, 1.54) is 5.56 Å². The molecule has 2 rings (SSSR count). The molecule has 18 heavy (non-hydrogen) atoms. The molecule has 100 valence electrons. The van der Waals surface area contributed by atoms with Crippen LogP contribution in [0.1, 0.15) is 24.9 Å². The molecule has 3 nitrogen and oxygen atoms in total. The number of rotatable bonds is 4. The summed E-state index contributed by atoms with van der Waals surface area (Å²) in [6.45, 7) is 3.02. The van der Waals surface area contributed by atoms with Gasteiger partial charge in [-0.05, 0) is 31.9 Å². The molecule has 0 bridgehead atoms. The van der Waals surface area contributed by atoms with Gasteiger partial charge in [0, 0.05) is 12.6 Å². The Bertz CT molecular complexity index is 484. The number of nitrogens with zero attached hydrogens (tertiary/aromatic N) is 1. The van der Waals surface area contributed by atoms with Crippen LogP contribution in [0.5, 0.6) is 0 Å². The quantitative estimate of drug-likeness (QED) is 0.838. The summed E-state index contributed by atoms with van der Waals surface area (Å²) in [4.78, 5) is 2.25. The normalized spacial score (nSPS) is 24.3. The van der Waals surface area contributed by atoms with E-state index < -0.39 is 9.84 Å². The molecule has 1 saturated heterocycles. The van der Waals surface area contributed by atoms with Crippen molar-refractivity contribution in [3.05, 3.63) is 35.9 Å². The largest absolute Gasteiger partial charge is 0.299 e. The van der Waals surface area contributed by atoms with E-state index in [0.717, 1.165) is 13.0 Å². The van der Waals surface area contributed by atoms with Crippen LogP contribution in [-0.2, 0) is 9.84 Å². The van der Waals surface area contributed by atoms with Crippen molar-refractivity contribution in [2.24, 2.45) is 5.92 Å². The lowest BCUT2D eigenvalue weighted by Gasteiger charge is -2.27. The fourth-order valence-electron chi connectivity index (χ4n) is 2.57. The van der Waals surface area contributed by atoms with Gasteiger partial charge in [0.1, 0.15) is 0 Å². The highest BCUT2D eigenvalue weighted by molar-refractivity contribution is 7.91. The van der Waals surface area contributed by atoms with Crippen LogP contribution < -0.4 is 0 Å². The Hall–Kier alpha value is -0.870. The Kier molecular flexibility index (Phi) is 4.07. The van der Waals surface area contributed by atoms with Crippen molar-refractivity contribution in [1.82, 2.24) is 4.90 Å². The topological polar surface area (TPSA) is 37.4 Å². The van der Waals surface area contributed by atoms with Crippen LogP contribution in [0.3, 0.4) is 0 Å². The second-order valence-corrected chi connectivity index (χ2v) is 7.52. The Morgan fingerprint density at radius 2 is 2.00 bits per heavy atom. The van der Waals surface area contributed by atoms with Gasteiger partial charge in [0.15, 0.2) is 9.84 Å². The Morgan fingerprint density at radius 3 is 2.56 bits per heavy atom. The summed E-state index contributed by atoms with van der Waals surface area (Å²) < 4.78 is 22.9. The van der Waals surface area contributed by atoms with E-state index >= 15 is 0 Å². The van der Waals surface area contributed by atoms with E-state index in [1.54, 1.807) is 0 Å². The Morgan fingerprint density at radius 1 is 1.33 bits per heavy atom. The van der Waals surface area contributed by atoms with Gasteiger partial charge in [-0.25, -0.2) is 8.42 Å². The molecule has 1 aromatic rings. The third-order valence-corrected chi connectivity index (χ3v) is 5.65. The molecule has 0 saturated carbocycles. The van der Waals surface area contributed by atoms with Gasteiger partial charge in [-0.3, -0.25) is 4.90 Å². The van der Waals surface area contributed by atoms with E-state index in [9.17, 15) is 8.42 Å². The van der Waals surface area contributed by atoms with Gasteiger partial charge in [-0.2, -0.15) is 0 Å². The fourth-order valence-corrected chi connectivity index (χ4v) is 4.42. The van der Waals surface area contributed by atoms with E-state index in [2.05, 4.69) is 31.0 Å². The average molecular weight is 267 g/mol. The molecule has 1 aliphatic rings. The SMILES string of the molecule is C[C@@H](c1ccccc1)N(C)C[C@H]1CCS(=O)(=O)C1. The molecule has 1 fully saturated rings. The van der Waals surface area contributed by atoms with Gasteiger partial charge in [0.25, 0.3) is 0 Å². The van der Waals surface area contributed by atoms with Crippen molar-refractivity contribution >= 4 is 9.84 Å². The lowest BCUT2D eigenvalue weighted by atomic mass is 10.0. The smallest absolute Gasteiger partial charge is 0.150 e. The molecular weight excluding hydrogens is 246 g/mol. The van der Waals surface area contributed by atoms with Gasteiger partial charge in [-0.15, -0.1) is 0 Å². The zero-order chi connectivity index (χ0) is 13.2. The highest BCUT2D eigenvalue weighted by Gasteiger charge is 2.29. The van der Waals surface area contributed by atoms with Gasteiger partial charge < -0.3 is 0 Å². The maximum atomic E-state index is 11.4. The highest BCUT2D eigenvalue weighted by atomic mass is 32.2. The summed E-state index contributed by atoms with van der Waals surface area (Å²) in [5, 5.41) is 0.